The molecule has 2 N–H and O–H groups in total. The van der Waals surface area contributed by atoms with Crippen LogP contribution in [0.1, 0.15) is 33.6 Å². The van der Waals surface area contributed by atoms with Gasteiger partial charge in [-0.25, -0.2) is 4.39 Å². The lowest BCUT2D eigenvalue weighted by molar-refractivity contribution is -0.121. The molecule has 1 aromatic carbocycles. The van der Waals surface area contributed by atoms with Crippen LogP contribution < -0.4 is 10.6 Å². The number of aromatic nitrogens is 1. The predicted octanol–water partition coefficient (Wildman–Crippen LogP) is 2.27. The van der Waals surface area contributed by atoms with Crippen LogP contribution in [0.25, 0.3) is 0 Å². The van der Waals surface area contributed by atoms with Crippen LogP contribution in [-0.4, -0.2) is 23.3 Å². The summed E-state index contributed by atoms with van der Waals surface area (Å²) in [6.07, 6.45) is 1.83. The van der Waals surface area contributed by atoms with Crippen LogP contribution in [0.4, 0.5) is 4.39 Å². The number of carbonyl (C=O) groups excluding carboxylic acids is 2. The molecular formula is C18H20FN3O2. The molecule has 2 rings (SSSR count). The van der Waals surface area contributed by atoms with Crippen LogP contribution >= 0.6 is 0 Å². The molecule has 0 radical (unpaired) electrons. The largest absolute Gasteiger partial charge is 0.352 e. The molecule has 6 heteroatoms. The average Bonchev–Trinajstić information content (AvgIpc) is 2.58. The summed E-state index contributed by atoms with van der Waals surface area (Å²) in [5.41, 5.74) is 2.01. The highest BCUT2D eigenvalue weighted by molar-refractivity contribution is 5.94. The van der Waals surface area contributed by atoms with Gasteiger partial charge in [0.2, 0.25) is 5.91 Å². The third kappa shape index (κ3) is 4.87. The van der Waals surface area contributed by atoms with Gasteiger partial charge in [-0.05, 0) is 49.2 Å². The van der Waals surface area contributed by atoms with E-state index in [0.29, 0.717) is 23.2 Å². The van der Waals surface area contributed by atoms with E-state index >= 15 is 0 Å². The van der Waals surface area contributed by atoms with Gasteiger partial charge < -0.3 is 10.6 Å². The number of hydrogen-bond acceptors (Lipinski definition) is 3. The van der Waals surface area contributed by atoms with Gasteiger partial charge in [-0.3, -0.25) is 14.6 Å². The number of nitrogens with zero attached hydrogens (tertiary/aromatic N) is 1. The highest BCUT2D eigenvalue weighted by atomic mass is 19.1. The van der Waals surface area contributed by atoms with Crippen molar-refractivity contribution in [3.05, 3.63) is 64.7 Å². The minimum atomic E-state index is -0.321. The average molecular weight is 329 g/mol. The molecule has 0 saturated carbocycles. The fraction of sp³-hybridized carbons (Fsp3) is 0.278. The van der Waals surface area contributed by atoms with E-state index in [1.807, 2.05) is 12.1 Å². The molecule has 0 bridgehead atoms. The van der Waals surface area contributed by atoms with Crippen LogP contribution in [0.2, 0.25) is 0 Å². The maximum absolute atomic E-state index is 13.6. The molecule has 1 heterocycles. The molecule has 0 fully saturated rings. The first kappa shape index (κ1) is 17.6. The molecule has 0 spiro atoms. The zero-order valence-electron chi connectivity index (χ0n) is 13.7. The Morgan fingerprint density at radius 3 is 2.46 bits per heavy atom. The Hall–Kier alpha value is -2.76. The van der Waals surface area contributed by atoms with E-state index in [1.54, 1.807) is 26.1 Å². The molecule has 0 unspecified atom stereocenters. The number of benzene rings is 1. The summed E-state index contributed by atoms with van der Waals surface area (Å²) >= 11 is 0. The summed E-state index contributed by atoms with van der Waals surface area (Å²) in [5, 5.41) is 5.40. The summed E-state index contributed by atoms with van der Waals surface area (Å²) in [5.74, 6) is -0.799. The summed E-state index contributed by atoms with van der Waals surface area (Å²) in [6, 6.07) is 8.47. The second-order valence-corrected chi connectivity index (χ2v) is 5.53. The lowest BCUT2D eigenvalue weighted by atomic mass is 10.1. The van der Waals surface area contributed by atoms with Crippen molar-refractivity contribution in [1.29, 1.82) is 0 Å². The zero-order valence-corrected chi connectivity index (χ0v) is 13.7. The molecular weight excluding hydrogens is 309 g/mol. The van der Waals surface area contributed by atoms with E-state index in [2.05, 4.69) is 15.6 Å². The van der Waals surface area contributed by atoms with Gasteiger partial charge >= 0.3 is 0 Å². The Bertz CT molecular complexity index is 709. The lowest BCUT2D eigenvalue weighted by Crippen LogP contribution is -2.30. The van der Waals surface area contributed by atoms with Gasteiger partial charge in [0, 0.05) is 24.7 Å². The van der Waals surface area contributed by atoms with Crippen LogP contribution in [0.3, 0.4) is 0 Å². The maximum atomic E-state index is 13.6. The normalized spacial score (nSPS) is 10.3. The maximum Gasteiger partial charge on any atom is 0.251 e. The van der Waals surface area contributed by atoms with Gasteiger partial charge in [0.25, 0.3) is 5.91 Å². The quantitative estimate of drug-likeness (QED) is 0.854. The summed E-state index contributed by atoms with van der Waals surface area (Å²) in [4.78, 5) is 27.9. The van der Waals surface area contributed by atoms with Crippen molar-refractivity contribution in [2.24, 2.45) is 0 Å². The van der Waals surface area contributed by atoms with E-state index in [9.17, 15) is 14.0 Å². The summed E-state index contributed by atoms with van der Waals surface area (Å²) in [6.45, 7) is 3.79. The molecule has 2 amide bonds. The van der Waals surface area contributed by atoms with Crippen molar-refractivity contribution in [1.82, 2.24) is 15.6 Å². The first-order chi connectivity index (χ1) is 11.5. The standard InChI is InChI=1S/C18H20FN3O2/c1-12-9-14(10-13(2)17(12)19)18(24)21-8-6-16(23)22-11-15-5-3-4-7-20-15/h3-5,7,9-10H,6,8,11H2,1-2H3,(H,21,24)(H,22,23). The first-order valence-electron chi connectivity index (χ1n) is 7.69. The Balaban J connectivity index is 1.77. The van der Waals surface area contributed by atoms with E-state index in [1.165, 1.54) is 12.1 Å². The van der Waals surface area contributed by atoms with Gasteiger partial charge in [-0.1, -0.05) is 6.07 Å². The van der Waals surface area contributed by atoms with Crippen molar-refractivity contribution < 1.29 is 14.0 Å². The number of rotatable bonds is 6. The number of pyridine rings is 1. The van der Waals surface area contributed by atoms with Crippen molar-refractivity contribution in [3.63, 3.8) is 0 Å². The van der Waals surface area contributed by atoms with E-state index in [-0.39, 0.29) is 30.6 Å². The van der Waals surface area contributed by atoms with Crippen molar-refractivity contribution in [2.75, 3.05) is 6.54 Å². The highest BCUT2D eigenvalue weighted by Gasteiger charge is 2.11. The SMILES string of the molecule is Cc1cc(C(=O)NCCC(=O)NCc2ccccn2)cc(C)c1F. The van der Waals surface area contributed by atoms with Crippen molar-refractivity contribution >= 4 is 11.8 Å². The zero-order chi connectivity index (χ0) is 17.5. The third-order valence-corrected chi connectivity index (χ3v) is 3.53. The van der Waals surface area contributed by atoms with Gasteiger partial charge in [-0.2, -0.15) is 0 Å². The van der Waals surface area contributed by atoms with E-state index in [4.69, 9.17) is 0 Å². The topological polar surface area (TPSA) is 71.1 Å². The number of hydrogen-bond donors (Lipinski definition) is 2. The third-order valence-electron chi connectivity index (χ3n) is 3.53. The minimum absolute atomic E-state index is 0.164. The van der Waals surface area contributed by atoms with Gasteiger partial charge in [0.15, 0.2) is 0 Å². The first-order valence-corrected chi connectivity index (χ1v) is 7.69. The molecule has 1 aromatic heterocycles. The van der Waals surface area contributed by atoms with Crippen molar-refractivity contribution in [2.45, 2.75) is 26.8 Å². The Labute approximate surface area is 140 Å². The molecule has 24 heavy (non-hydrogen) atoms. The van der Waals surface area contributed by atoms with E-state index in [0.717, 1.165) is 5.69 Å². The van der Waals surface area contributed by atoms with Crippen LogP contribution in [0.15, 0.2) is 36.5 Å². The molecule has 0 aliphatic rings. The number of aryl methyl sites for hydroxylation is 2. The fourth-order valence-corrected chi connectivity index (χ4v) is 2.25. The minimum Gasteiger partial charge on any atom is -0.352 e. The fourth-order valence-electron chi connectivity index (χ4n) is 2.25. The number of carbonyl (C=O) groups is 2. The smallest absolute Gasteiger partial charge is 0.251 e. The molecule has 5 nitrogen and oxygen atoms in total. The van der Waals surface area contributed by atoms with Crippen LogP contribution in [0, 0.1) is 19.7 Å². The van der Waals surface area contributed by atoms with Crippen LogP contribution in [0.5, 0.6) is 0 Å². The van der Waals surface area contributed by atoms with Gasteiger partial charge in [0.1, 0.15) is 5.82 Å². The molecule has 2 aromatic rings. The summed E-state index contributed by atoms with van der Waals surface area (Å²) in [7, 11) is 0. The van der Waals surface area contributed by atoms with Crippen LogP contribution in [-0.2, 0) is 11.3 Å². The molecule has 0 saturated heterocycles. The number of nitrogens with one attached hydrogen (secondary N) is 2. The Morgan fingerprint density at radius 2 is 1.83 bits per heavy atom. The number of halogens is 1. The van der Waals surface area contributed by atoms with E-state index < -0.39 is 0 Å². The predicted molar refractivity (Wildman–Crippen MR) is 88.9 cm³/mol. The Morgan fingerprint density at radius 1 is 1.12 bits per heavy atom. The Kier molecular flexibility index (Phi) is 6.01. The second-order valence-electron chi connectivity index (χ2n) is 5.53. The summed E-state index contributed by atoms with van der Waals surface area (Å²) < 4.78 is 13.6. The molecule has 0 aliphatic heterocycles. The highest BCUT2D eigenvalue weighted by Crippen LogP contribution is 2.14. The monoisotopic (exact) mass is 329 g/mol. The number of amides is 2. The van der Waals surface area contributed by atoms with Gasteiger partial charge in [0.05, 0.1) is 12.2 Å². The molecule has 126 valence electrons. The van der Waals surface area contributed by atoms with Gasteiger partial charge in [-0.15, -0.1) is 0 Å². The second kappa shape index (κ2) is 8.19. The van der Waals surface area contributed by atoms with Crippen molar-refractivity contribution in [3.8, 4) is 0 Å². The molecule has 0 aliphatic carbocycles. The molecule has 0 atom stereocenters. The lowest BCUT2D eigenvalue weighted by Gasteiger charge is -2.08.